The lowest BCUT2D eigenvalue weighted by atomic mass is 9.96. The van der Waals surface area contributed by atoms with E-state index in [1.807, 2.05) is 6.20 Å². The van der Waals surface area contributed by atoms with Gasteiger partial charge in [0.25, 0.3) is 0 Å². The summed E-state index contributed by atoms with van der Waals surface area (Å²) in [6, 6.07) is 4.95. The summed E-state index contributed by atoms with van der Waals surface area (Å²) < 4.78 is 13.6. The molecular weight excluding hydrogens is 369 g/mol. The number of hydrogen-bond donors (Lipinski definition) is 2. The van der Waals surface area contributed by atoms with Gasteiger partial charge in [-0.15, -0.1) is 0 Å². The van der Waals surface area contributed by atoms with Crippen molar-refractivity contribution in [1.29, 1.82) is 0 Å². The molecule has 156 valence electrons. The monoisotopic (exact) mass is 399 g/mol. The zero-order chi connectivity index (χ0) is 20.2. The van der Waals surface area contributed by atoms with Crippen molar-refractivity contribution in [3.05, 3.63) is 35.8 Å². The van der Waals surface area contributed by atoms with Crippen molar-refractivity contribution in [1.82, 2.24) is 15.2 Å². The Morgan fingerprint density at radius 2 is 1.93 bits per heavy atom. The van der Waals surface area contributed by atoms with Gasteiger partial charge >= 0.3 is 0 Å². The van der Waals surface area contributed by atoms with E-state index in [2.05, 4.69) is 10.3 Å². The minimum Gasteiger partial charge on any atom is -0.361 e. The Labute approximate surface area is 171 Å². The minimum atomic E-state index is -0.262. The number of aromatic amines is 1. The highest BCUT2D eigenvalue weighted by Crippen LogP contribution is 2.23. The van der Waals surface area contributed by atoms with Crippen molar-refractivity contribution >= 4 is 22.7 Å². The van der Waals surface area contributed by atoms with Gasteiger partial charge in [0.05, 0.1) is 5.92 Å². The van der Waals surface area contributed by atoms with Gasteiger partial charge in [-0.3, -0.25) is 9.59 Å². The van der Waals surface area contributed by atoms with Crippen LogP contribution in [0, 0.1) is 11.7 Å². The largest absolute Gasteiger partial charge is 0.361 e. The standard InChI is InChI=1S/C23H30FN3O2/c24-18-8-9-21-20(13-18)16(14-25-21)10-11-27-15-17(12-22(27)28)23(29)26-19-6-4-2-1-3-5-7-19/h8-9,13-14,17,19,25H,1-7,10-12,15H2,(H,26,29)/t17-/m0/s1. The lowest BCUT2D eigenvalue weighted by Crippen LogP contribution is -2.40. The number of halogens is 1. The second kappa shape index (κ2) is 8.97. The number of aromatic nitrogens is 1. The number of carbonyl (C=O) groups excluding carboxylic acids is 2. The minimum absolute atomic E-state index is 0.0283. The molecule has 2 N–H and O–H groups in total. The van der Waals surface area contributed by atoms with Crippen molar-refractivity contribution in [2.45, 2.75) is 63.8 Å². The van der Waals surface area contributed by atoms with Crippen LogP contribution in [0.5, 0.6) is 0 Å². The zero-order valence-corrected chi connectivity index (χ0v) is 16.9. The second-order valence-electron chi connectivity index (χ2n) is 8.55. The van der Waals surface area contributed by atoms with E-state index in [1.54, 1.807) is 11.0 Å². The molecule has 4 rings (SSSR count). The average Bonchev–Trinajstić information content (AvgIpc) is 3.25. The van der Waals surface area contributed by atoms with Crippen molar-refractivity contribution in [3.63, 3.8) is 0 Å². The highest BCUT2D eigenvalue weighted by molar-refractivity contribution is 5.89. The molecule has 2 amide bonds. The first kappa shape index (κ1) is 19.9. The van der Waals surface area contributed by atoms with E-state index in [1.165, 1.54) is 44.2 Å². The van der Waals surface area contributed by atoms with Gasteiger partial charge in [0.2, 0.25) is 11.8 Å². The normalized spacial score (nSPS) is 21.3. The highest BCUT2D eigenvalue weighted by Gasteiger charge is 2.34. The molecule has 2 aromatic rings. The summed E-state index contributed by atoms with van der Waals surface area (Å²) in [7, 11) is 0. The number of fused-ring (bicyclic) bond motifs is 1. The number of benzene rings is 1. The smallest absolute Gasteiger partial charge is 0.225 e. The number of hydrogen-bond acceptors (Lipinski definition) is 2. The fraction of sp³-hybridized carbons (Fsp3) is 0.565. The van der Waals surface area contributed by atoms with Gasteiger partial charge in [0.15, 0.2) is 0 Å². The third-order valence-corrected chi connectivity index (χ3v) is 6.42. The molecular formula is C23H30FN3O2. The highest BCUT2D eigenvalue weighted by atomic mass is 19.1. The lowest BCUT2D eigenvalue weighted by Gasteiger charge is -2.23. The van der Waals surface area contributed by atoms with E-state index in [4.69, 9.17) is 0 Å². The SMILES string of the molecule is O=C(NC1CCCCCCC1)[C@H]1CC(=O)N(CCc2c[nH]c3ccc(F)cc23)C1. The predicted octanol–water partition coefficient (Wildman–Crippen LogP) is 3.93. The van der Waals surface area contributed by atoms with E-state index in [0.717, 1.165) is 29.3 Å². The molecule has 6 heteroatoms. The van der Waals surface area contributed by atoms with Crippen LogP contribution in [0.25, 0.3) is 10.9 Å². The molecule has 0 spiro atoms. The Balaban J connectivity index is 1.31. The molecule has 2 aliphatic rings. The summed E-state index contributed by atoms with van der Waals surface area (Å²) in [5, 5.41) is 4.06. The predicted molar refractivity (Wildman–Crippen MR) is 111 cm³/mol. The van der Waals surface area contributed by atoms with Crippen LogP contribution >= 0.6 is 0 Å². The average molecular weight is 400 g/mol. The van der Waals surface area contributed by atoms with Gasteiger partial charge < -0.3 is 15.2 Å². The van der Waals surface area contributed by atoms with Gasteiger partial charge in [0.1, 0.15) is 5.82 Å². The van der Waals surface area contributed by atoms with E-state index in [0.29, 0.717) is 25.9 Å². The summed E-state index contributed by atoms with van der Waals surface area (Å²) in [5.74, 6) is -0.454. The van der Waals surface area contributed by atoms with Gasteiger partial charge in [-0.1, -0.05) is 32.1 Å². The van der Waals surface area contributed by atoms with E-state index in [-0.39, 0.29) is 29.6 Å². The molecule has 29 heavy (non-hydrogen) atoms. The van der Waals surface area contributed by atoms with Gasteiger partial charge in [-0.2, -0.15) is 0 Å². The molecule has 0 unspecified atom stereocenters. The van der Waals surface area contributed by atoms with Gasteiger partial charge in [0, 0.05) is 42.7 Å². The number of nitrogens with zero attached hydrogens (tertiary/aromatic N) is 1. The van der Waals surface area contributed by atoms with Crippen LogP contribution in [0.4, 0.5) is 4.39 Å². The van der Waals surface area contributed by atoms with Crippen LogP contribution < -0.4 is 5.32 Å². The summed E-state index contributed by atoms with van der Waals surface area (Å²) in [4.78, 5) is 30.1. The summed E-state index contributed by atoms with van der Waals surface area (Å²) in [6.07, 6.45) is 11.1. The molecule has 2 heterocycles. The number of carbonyl (C=O) groups is 2. The van der Waals surface area contributed by atoms with Crippen LogP contribution in [0.3, 0.4) is 0 Å². The quantitative estimate of drug-likeness (QED) is 0.800. The lowest BCUT2D eigenvalue weighted by molar-refractivity contribution is -0.129. The van der Waals surface area contributed by atoms with Crippen LogP contribution in [0.1, 0.15) is 56.9 Å². The topological polar surface area (TPSA) is 65.2 Å². The number of H-pyrrole nitrogens is 1. The van der Waals surface area contributed by atoms with Crippen LogP contribution in [0.2, 0.25) is 0 Å². The molecule has 2 fully saturated rings. The Bertz CT molecular complexity index is 870. The molecule has 1 saturated heterocycles. The molecule has 1 saturated carbocycles. The Kier molecular flexibility index (Phi) is 6.16. The third-order valence-electron chi connectivity index (χ3n) is 6.42. The maximum absolute atomic E-state index is 13.6. The Morgan fingerprint density at radius 3 is 2.72 bits per heavy atom. The molecule has 0 radical (unpaired) electrons. The number of likely N-dealkylation sites (tertiary alicyclic amines) is 1. The van der Waals surface area contributed by atoms with E-state index in [9.17, 15) is 14.0 Å². The van der Waals surface area contributed by atoms with E-state index < -0.39 is 0 Å². The van der Waals surface area contributed by atoms with Crippen molar-refractivity contribution < 1.29 is 14.0 Å². The third kappa shape index (κ3) is 4.80. The fourth-order valence-corrected chi connectivity index (χ4v) is 4.70. The molecule has 1 aromatic carbocycles. The molecule has 1 aromatic heterocycles. The number of nitrogens with one attached hydrogen (secondary N) is 2. The second-order valence-corrected chi connectivity index (χ2v) is 8.55. The first-order valence-corrected chi connectivity index (χ1v) is 10.9. The first-order chi connectivity index (χ1) is 14.1. The Morgan fingerprint density at radius 1 is 1.17 bits per heavy atom. The van der Waals surface area contributed by atoms with Gasteiger partial charge in [-0.25, -0.2) is 4.39 Å². The van der Waals surface area contributed by atoms with Crippen LogP contribution in [-0.2, 0) is 16.0 Å². The van der Waals surface area contributed by atoms with Crippen LogP contribution in [0.15, 0.2) is 24.4 Å². The van der Waals surface area contributed by atoms with Crippen LogP contribution in [-0.4, -0.2) is 40.8 Å². The first-order valence-electron chi connectivity index (χ1n) is 10.9. The molecule has 0 bridgehead atoms. The maximum Gasteiger partial charge on any atom is 0.225 e. The number of rotatable bonds is 5. The summed E-state index contributed by atoms with van der Waals surface area (Å²) >= 11 is 0. The number of amides is 2. The van der Waals surface area contributed by atoms with Gasteiger partial charge in [-0.05, 0) is 43.0 Å². The fourth-order valence-electron chi connectivity index (χ4n) is 4.70. The Hall–Kier alpha value is -2.37. The van der Waals surface area contributed by atoms with Crippen molar-refractivity contribution in [3.8, 4) is 0 Å². The maximum atomic E-state index is 13.6. The molecule has 1 aliphatic carbocycles. The van der Waals surface area contributed by atoms with Crippen molar-refractivity contribution in [2.75, 3.05) is 13.1 Å². The molecule has 1 aliphatic heterocycles. The summed E-state index contributed by atoms with van der Waals surface area (Å²) in [6.45, 7) is 1.03. The molecule has 1 atom stereocenters. The molecule has 5 nitrogen and oxygen atoms in total. The van der Waals surface area contributed by atoms with Crippen molar-refractivity contribution in [2.24, 2.45) is 5.92 Å². The zero-order valence-electron chi connectivity index (χ0n) is 16.9. The summed E-state index contributed by atoms with van der Waals surface area (Å²) in [5.41, 5.74) is 1.89. The van der Waals surface area contributed by atoms with E-state index >= 15 is 0 Å².